The fourth-order valence-electron chi connectivity index (χ4n) is 2.92. The lowest BCUT2D eigenvalue weighted by atomic mass is 10.1. The minimum Gasteiger partial charge on any atom is -0.370 e. The third-order valence-electron chi connectivity index (χ3n) is 4.10. The van der Waals surface area contributed by atoms with E-state index in [1.54, 1.807) is 0 Å². The largest absolute Gasteiger partial charge is 0.370 e. The van der Waals surface area contributed by atoms with Gasteiger partial charge in [-0.05, 0) is 30.0 Å². The van der Waals surface area contributed by atoms with Crippen molar-refractivity contribution in [3.05, 3.63) is 42.2 Å². The Morgan fingerprint density at radius 2 is 2.13 bits per heavy atom. The molecule has 0 atom stereocenters. The van der Waals surface area contributed by atoms with E-state index in [1.165, 1.54) is 25.7 Å². The number of aryl methyl sites for hydroxylation is 1. The van der Waals surface area contributed by atoms with E-state index in [9.17, 15) is 0 Å². The van der Waals surface area contributed by atoms with E-state index in [0.717, 1.165) is 16.7 Å². The molecule has 1 saturated carbocycles. The van der Waals surface area contributed by atoms with Gasteiger partial charge in [0.2, 0.25) is 0 Å². The van der Waals surface area contributed by atoms with Crippen molar-refractivity contribution < 1.29 is 0 Å². The van der Waals surface area contributed by atoms with Crippen LogP contribution in [0.2, 0.25) is 0 Å². The number of nitrogens with one attached hydrogen (secondary N) is 1. The van der Waals surface area contributed by atoms with Gasteiger partial charge in [0, 0.05) is 24.8 Å². The fraction of sp³-hybridized carbons (Fsp3) is 0.412. The maximum absolute atomic E-state index is 5.98. The monoisotopic (exact) mass is 425 g/mol. The molecule has 1 aliphatic rings. The third kappa shape index (κ3) is 4.95. The van der Waals surface area contributed by atoms with Crippen LogP contribution in [0.1, 0.15) is 31.2 Å². The van der Waals surface area contributed by atoms with Gasteiger partial charge in [-0.2, -0.15) is 5.10 Å². The van der Waals surface area contributed by atoms with Gasteiger partial charge in [0.1, 0.15) is 0 Å². The van der Waals surface area contributed by atoms with Crippen LogP contribution in [0.4, 0.5) is 0 Å². The summed E-state index contributed by atoms with van der Waals surface area (Å²) in [6, 6.07) is 8.86. The molecule has 2 aromatic rings. The van der Waals surface area contributed by atoms with Gasteiger partial charge in [-0.15, -0.1) is 24.0 Å². The molecule has 1 fully saturated rings. The van der Waals surface area contributed by atoms with Gasteiger partial charge in [0.05, 0.1) is 12.7 Å². The summed E-state index contributed by atoms with van der Waals surface area (Å²) in [4.78, 5) is 4.46. The Kier molecular flexibility index (Phi) is 6.44. The first-order valence-electron chi connectivity index (χ1n) is 7.85. The lowest BCUT2D eigenvalue weighted by Crippen LogP contribution is -2.38. The minimum atomic E-state index is 0. The number of benzene rings is 1. The third-order valence-corrected chi connectivity index (χ3v) is 4.10. The van der Waals surface area contributed by atoms with Crippen LogP contribution in [-0.4, -0.2) is 21.8 Å². The molecule has 23 heavy (non-hydrogen) atoms. The maximum Gasteiger partial charge on any atom is 0.189 e. The van der Waals surface area contributed by atoms with Crippen molar-refractivity contribution in [3.63, 3.8) is 0 Å². The molecule has 0 spiro atoms. The summed E-state index contributed by atoms with van der Waals surface area (Å²) in [6.45, 7) is 0.597. The molecule has 1 aromatic carbocycles. The highest BCUT2D eigenvalue weighted by Gasteiger charge is 2.14. The van der Waals surface area contributed by atoms with Gasteiger partial charge in [0.15, 0.2) is 5.96 Å². The Hall–Kier alpha value is -1.57. The summed E-state index contributed by atoms with van der Waals surface area (Å²) in [5, 5.41) is 7.53. The maximum atomic E-state index is 5.98. The molecule has 3 rings (SSSR count). The van der Waals surface area contributed by atoms with Gasteiger partial charge >= 0.3 is 0 Å². The van der Waals surface area contributed by atoms with Gasteiger partial charge in [-0.1, -0.05) is 31.0 Å². The molecule has 5 nitrogen and oxygen atoms in total. The normalized spacial score (nSPS) is 15.4. The average Bonchev–Trinajstić information content (AvgIpc) is 3.17. The van der Waals surface area contributed by atoms with E-state index in [-0.39, 0.29) is 24.0 Å². The van der Waals surface area contributed by atoms with Gasteiger partial charge in [0.25, 0.3) is 0 Å². The van der Waals surface area contributed by atoms with Crippen LogP contribution in [0.3, 0.4) is 0 Å². The number of nitrogens with zero attached hydrogens (tertiary/aromatic N) is 3. The SMILES string of the molecule is Cn1cc(-c2cccc(CN=C(N)NC3CCCC3)c2)cn1.I. The van der Waals surface area contributed by atoms with E-state index >= 15 is 0 Å². The van der Waals surface area contributed by atoms with E-state index < -0.39 is 0 Å². The molecule has 0 radical (unpaired) electrons. The average molecular weight is 425 g/mol. The zero-order chi connectivity index (χ0) is 15.4. The summed E-state index contributed by atoms with van der Waals surface area (Å²) in [7, 11) is 1.92. The van der Waals surface area contributed by atoms with Gasteiger partial charge in [-0.3, -0.25) is 4.68 Å². The first kappa shape index (κ1) is 17.8. The molecule has 0 bridgehead atoms. The van der Waals surface area contributed by atoms with Crippen molar-refractivity contribution in [2.45, 2.75) is 38.3 Å². The summed E-state index contributed by atoms with van der Waals surface area (Å²) in [6.07, 6.45) is 8.87. The topological polar surface area (TPSA) is 68.2 Å². The molecule has 124 valence electrons. The standard InChI is InChI=1S/C17H23N5.HI/c1-22-12-15(11-20-22)14-6-4-5-13(9-14)10-19-17(18)21-16-7-2-3-8-16;/h4-6,9,11-12,16H,2-3,7-8,10H2,1H3,(H3,18,19,21);1H. The lowest BCUT2D eigenvalue weighted by molar-refractivity contribution is 0.625. The van der Waals surface area contributed by atoms with Crippen molar-refractivity contribution in [1.82, 2.24) is 15.1 Å². The second kappa shape index (κ2) is 8.33. The van der Waals surface area contributed by atoms with E-state index in [0.29, 0.717) is 18.5 Å². The number of nitrogens with two attached hydrogens (primary N) is 1. The van der Waals surface area contributed by atoms with Crippen LogP contribution in [-0.2, 0) is 13.6 Å². The Balaban J connectivity index is 0.00000192. The highest BCUT2D eigenvalue weighted by Crippen LogP contribution is 2.20. The quantitative estimate of drug-likeness (QED) is 0.450. The van der Waals surface area contributed by atoms with Crippen molar-refractivity contribution in [2.75, 3.05) is 0 Å². The van der Waals surface area contributed by atoms with Crippen molar-refractivity contribution in [3.8, 4) is 11.1 Å². The Morgan fingerprint density at radius 1 is 1.35 bits per heavy atom. The molecule has 0 aliphatic heterocycles. The molecule has 1 heterocycles. The zero-order valence-electron chi connectivity index (χ0n) is 13.4. The predicted molar refractivity (Wildman–Crippen MR) is 105 cm³/mol. The highest BCUT2D eigenvalue weighted by molar-refractivity contribution is 14.0. The number of rotatable bonds is 4. The first-order chi connectivity index (χ1) is 10.7. The zero-order valence-corrected chi connectivity index (χ0v) is 15.7. The molecule has 1 aliphatic carbocycles. The Labute approximate surface area is 154 Å². The van der Waals surface area contributed by atoms with Crippen LogP contribution in [0.5, 0.6) is 0 Å². The molecule has 0 amide bonds. The van der Waals surface area contributed by atoms with Crippen molar-refractivity contribution >= 4 is 29.9 Å². The lowest BCUT2D eigenvalue weighted by Gasteiger charge is -2.12. The number of hydrogen-bond donors (Lipinski definition) is 2. The van der Waals surface area contributed by atoms with Crippen LogP contribution in [0.25, 0.3) is 11.1 Å². The number of hydrogen-bond acceptors (Lipinski definition) is 2. The van der Waals surface area contributed by atoms with Crippen molar-refractivity contribution in [1.29, 1.82) is 0 Å². The molecular formula is C17H24IN5. The number of halogens is 1. The van der Waals surface area contributed by atoms with E-state index in [4.69, 9.17) is 5.73 Å². The molecule has 1 aromatic heterocycles. The number of guanidine groups is 1. The summed E-state index contributed by atoms with van der Waals surface area (Å²) < 4.78 is 1.81. The molecule has 6 heteroatoms. The second-order valence-electron chi connectivity index (χ2n) is 5.93. The highest BCUT2D eigenvalue weighted by atomic mass is 127. The predicted octanol–water partition coefficient (Wildman–Crippen LogP) is 3.05. The van der Waals surface area contributed by atoms with E-state index in [2.05, 4.69) is 33.6 Å². The summed E-state index contributed by atoms with van der Waals surface area (Å²) in [5.74, 6) is 0.554. The second-order valence-corrected chi connectivity index (χ2v) is 5.93. The molecule has 0 saturated heterocycles. The minimum absolute atomic E-state index is 0. The smallest absolute Gasteiger partial charge is 0.189 e. The van der Waals surface area contributed by atoms with Gasteiger partial charge in [-0.25, -0.2) is 4.99 Å². The van der Waals surface area contributed by atoms with Crippen LogP contribution < -0.4 is 11.1 Å². The van der Waals surface area contributed by atoms with Crippen LogP contribution in [0, 0.1) is 0 Å². The molecular weight excluding hydrogens is 401 g/mol. The number of aromatic nitrogens is 2. The molecule has 3 N–H and O–H groups in total. The first-order valence-corrected chi connectivity index (χ1v) is 7.85. The van der Waals surface area contributed by atoms with Crippen molar-refractivity contribution in [2.24, 2.45) is 17.8 Å². The summed E-state index contributed by atoms with van der Waals surface area (Å²) in [5.41, 5.74) is 9.40. The number of aliphatic imine (C=N–C) groups is 1. The Morgan fingerprint density at radius 3 is 2.83 bits per heavy atom. The van der Waals surface area contributed by atoms with Gasteiger partial charge < -0.3 is 11.1 Å². The summed E-state index contributed by atoms with van der Waals surface area (Å²) >= 11 is 0. The van der Waals surface area contributed by atoms with Crippen LogP contribution >= 0.6 is 24.0 Å². The molecule has 0 unspecified atom stereocenters. The van der Waals surface area contributed by atoms with E-state index in [1.807, 2.05) is 30.2 Å². The Bertz CT molecular complexity index is 659. The fourth-order valence-corrected chi connectivity index (χ4v) is 2.92. The van der Waals surface area contributed by atoms with Crippen LogP contribution in [0.15, 0.2) is 41.7 Å².